The molecule has 0 aliphatic heterocycles. The summed E-state index contributed by atoms with van der Waals surface area (Å²) in [4.78, 5) is 2.36. The highest BCUT2D eigenvalue weighted by Gasteiger charge is 2.48. The maximum Gasteiger partial charge on any atom is 0.159 e. The highest BCUT2D eigenvalue weighted by molar-refractivity contribution is 6.10. The molecule has 0 N–H and O–H groups in total. The minimum Gasteiger partial charge on any atom is -0.454 e. The molecule has 0 saturated heterocycles. The molecule has 1 unspecified atom stereocenters. The van der Waals surface area contributed by atoms with E-state index in [-0.39, 0.29) is 5.41 Å². The molecule has 53 heavy (non-hydrogen) atoms. The van der Waals surface area contributed by atoms with Gasteiger partial charge in [-0.05, 0) is 99.3 Å². The Labute approximate surface area is 309 Å². The summed E-state index contributed by atoms with van der Waals surface area (Å²) in [6.07, 6.45) is 2.20. The highest BCUT2D eigenvalue weighted by Crippen LogP contribution is 2.58. The summed E-state index contributed by atoms with van der Waals surface area (Å²) in [6.45, 7) is 0. The first-order valence-electron chi connectivity index (χ1n) is 18.6. The second-order valence-electron chi connectivity index (χ2n) is 14.4. The van der Waals surface area contributed by atoms with Crippen LogP contribution < -0.4 is 4.90 Å². The molecular weight excluding hydrogens is 643 g/mol. The molecule has 11 rings (SSSR count). The third kappa shape index (κ3) is 4.45. The molecule has 1 aromatic heterocycles. The van der Waals surface area contributed by atoms with Gasteiger partial charge in [0.15, 0.2) is 5.58 Å². The van der Waals surface area contributed by atoms with Crippen LogP contribution in [0.4, 0.5) is 17.1 Å². The van der Waals surface area contributed by atoms with Crippen molar-refractivity contribution < 1.29 is 4.42 Å². The zero-order valence-electron chi connectivity index (χ0n) is 29.2. The van der Waals surface area contributed by atoms with Gasteiger partial charge in [-0.2, -0.15) is 0 Å². The van der Waals surface area contributed by atoms with Crippen molar-refractivity contribution in [2.45, 2.75) is 18.3 Å². The van der Waals surface area contributed by atoms with E-state index in [0.717, 1.165) is 57.4 Å². The number of rotatable bonds is 5. The van der Waals surface area contributed by atoms with E-state index in [1.54, 1.807) is 0 Å². The van der Waals surface area contributed by atoms with Crippen molar-refractivity contribution >= 4 is 39.0 Å². The van der Waals surface area contributed by atoms with Gasteiger partial charge in [-0.3, -0.25) is 0 Å². The molecule has 0 bridgehead atoms. The van der Waals surface area contributed by atoms with Gasteiger partial charge in [0.1, 0.15) is 5.58 Å². The first-order chi connectivity index (χ1) is 26.3. The number of hydrogen-bond donors (Lipinski definition) is 0. The van der Waals surface area contributed by atoms with Gasteiger partial charge in [0.05, 0.1) is 11.4 Å². The largest absolute Gasteiger partial charge is 0.454 e. The van der Waals surface area contributed by atoms with Crippen molar-refractivity contribution in [2.75, 3.05) is 4.90 Å². The molecule has 1 heterocycles. The smallest absolute Gasteiger partial charge is 0.159 e. The second-order valence-corrected chi connectivity index (χ2v) is 14.4. The van der Waals surface area contributed by atoms with Gasteiger partial charge >= 0.3 is 0 Å². The Hall–Kier alpha value is -6.64. The van der Waals surface area contributed by atoms with E-state index < -0.39 is 0 Å². The molecule has 0 amide bonds. The Morgan fingerprint density at radius 2 is 1.09 bits per heavy atom. The fourth-order valence-electron chi connectivity index (χ4n) is 9.37. The summed E-state index contributed by atoms with van der Waals surface area (Å²) < 4.78 is 6.64. The third-order valence-corrected chi connectivity index (χ3v) is 11.7. The summed E-state index contributed by atoms with van der Waals surface area (Å²) in [5.41, 5.74) is 18.1. The fourth-order valence-corrected chi connectivity index (χ4v) is 9.37. The van der Waals surface area contributed by atoms with E-state index in [1.807, 2.05) is 6.07 Å². The van der Waals surface area contributed by atoms with Crippen molar-refractivity contribution in [1.29, 1.82) is 0 Å². The zero-order valence-corrected chi connectivity index (χ0v) is 29.2. The number of para-hydroxylation sites is 3. The molecule has 0 saturated carbocycles. The molecule has 2 heteroatoms. The summed E-state index contributed by atoms with van der Waals surface area (Å²) in [5, 5.41) is 2.23. The average molecular weight is 678 g/mol. The maximum atomic E-state index is 6.64. The normalized spacial score (nSPS) is 15.5. The Balaban J connectivity index is 1.07. The van der Waals surface area contributed by atoms with Crippen LogP contribution in [-0.2, 0) is 11.8 Å². The Bertz CT molecular complexity index is 2850. The second kappa shape index (κ2) is 11.7. The molecule has 2 aliphatic rings. The van der Waals surface area contributed by atoms with Crippen LogP contribution in [0.15, 0.2) is 192 Å². The quantitative estimate of drug-likeness (QED) is 0.180. The van der Waals surface area contributed by atoms with Crippen LogP contribution in [0.5, 0.6) is 0 Å². The minimum absolute atomic E-state index is 0.109. The van der Waals surface area contributed by atoms with Crippen molar-refractivity contribution in [2.24, 2.45) is 0 Å². The molecule has 2 aliphatic carbocycles. The lowest BCUT2D eigenvalue weighted by molar-refractivity contribution is 0.626. The van der Waals surface area contributed by atoms with Gasteiger partial charge in [0, 0.05) is 27.4 Å². The summed E-state index contributed by atoms with van der Waals surface area (Å²) in [6, 6.07) is 68.5. The van der Waals surface area contributed by atoms with Crippen LogP contribution in [0.3, 0.4) is 0 Å². The first kappa shape index (κ1) is 30.0. The number of benzene rings is 8. The first-order valence-corrected chi connectivity index (χ1v) is 18.6. The summed E-state index contributed by atoms with van der Waals surface area (Å²) >= 11 is 0. The summed E-state index contributed by atoms with van der Waals surface area (Å²) in [7, 11) is 0. The number of aryl methyl sites for hydroxylation is 1. The predicted octanol–water partition coefficient (Wildman–Crippen LogP) is 13.7. The van der Waals surface area contributed by atoms with Gasteiger partial charge in [-0.1, -0.05) is 152 Å². The Morgan fingerprint density at radius 1 is 0.434 bits per heavy atom. The number of nitrogens with zero attached hydrogens (tertiary/aromatic N) is 1. The van der Waals surface area contributed by atoms with Gasteiger partial charge < -0.3 is 9.32 Å². The van der Waals surface area contributed by atoms with Crippen LogP contribution in [-0.4, -0.2) is 0 Å². The zero-order chi connectivity index (χ0) is 34.9. The standard InChI is InChI=1S/C51H35NO/c1-2-13-35(14-3-1)39-16-6-10-22-47(39)52(48-23-12-19-43-42-18-7-11-24-49(42)53-50(43)48)38-28-25-34(26-29-38)37-27-30-41-40-17-5-9-21-45(40)51(46(41)33-37)32-31-36-15-4-8-20-44(36)51/h1-30,33H,31-32H2. The van der Waals surface area contributed by atoms with Crippen LogP contribution in [0.1, 0.15) is 28.7 Å². The van der Waals surface area contributed by atoms with Crippen molar-refractivity contribution in [3.8, 4) is 33.4 Å². The molecule has 9 aromatic rings. The lowest BCUT2D eigenvalue weighted by Gasteiger charge is -2.29. The SMILES string of the molecule is c1ccc(-c2ccccc2N(c2ccc(-c3ccc4c(c3)C3(CCc5ccccc53)c3ccccc3-4)cc2)c2cccc3c2oc2ccccc23)cc1. The van der Waals surface area contributed by atoms with Crippen molar-refractivity contribution in [1.82, 2.24) is 0 Å². The average Bonchev–Trinajstić information content (AvgIpc) is 3.90. The molecule has 8 aromatic carbocycles. The lowest BCUT2D eigenvalue weighted by Crippen LogP contribution is -2.23. The van der Waals surface area contributed by atoms with Crippen molar-refractivity contribution in [3.63, 3.8) is 0 Å². The van der Waals surface area contributed by atoms with Crippen LogP contribution in [0.2, 0.25) is 0 Å². The van der Waals surface area contributed by atoms with Gasteiger partial charge in [0.2, 0.25) is 0 Å². The Morgan fingerprint density at radius 3 is 1.98 bits per heavy atom. The Kier molecular flexibility index (Phi) is 6.63. The van der Waals surface area contributed by atoms with E-state index >= 15 is 0 Å². The van der Waals surface area contributed by atoms with E-state index in [0.29, 0.717) is 0 Å². The van der Waals surface area contributed by atoms with E-state index in [4.69, 9.17) is 4.42 Å². The minimum atomic E-state index is -0.109. The molecule has 0 radical (unpaired) electrons. The number of hydrogen-bond acceptors (Lipinski definition) is 2. The van der Waals surface area contributed by atoms with E-state index in [1.165, 1.54) is 50.1 Å². The summed E-state index contributed by atoms with van der Waals surface area (Å²) in [5.74, 6) is 0. The van der Waals surface area contributed by atoms with E-state index in [9.17, 15) is 0 Å². The number of fused-ring (bicyclic) bond motifs is 10. The molecule has 1 atom stereocenters. The van der Waals surface area contributed by atoms with Crippen LogP contribution >= 0.6 is 0 Å². The molecule has 0 fully saturated rings. The van der Waals surface area contributed by atoms with Gasteiger partial charge in [-0.15, -0.1) is 0 Å². The molecule has 250 valence electrons. The highest BCUT2D eigenvalue weighted by atomic mass is 16.3. The molecule has 2 nitrogen and oxygen atoms in total. The number of anilines is 3. The molecule has 1 spiro atoms. The topological polar surface area (TPSA) is 16.4 Å². The fraction of sp³-hybridized carbons (Fsp3) is 0.0588. The van der Waals surface area contributed by atoms with Crippen LogP contribution in [0, 0.1) is 0 Å². The van der Waals surface area contributed by atoms with Crippen LogP contribution in [0.25, 0.3) is 55.3 Å². The number of furan rings is 1. The maximum absolute atomic E-state index is 6.64. The third-order valence-electron chi connectivity index (χ3n) is 11.7. The monoisotopic (exact) mass is 677 g/mol. The van der Waals surface area contributed by atoms with Crippen molar-refractivity contribution in [3.05, 3.63) is 210 Å². The lowest BCUT2D eigenvalue weighted by atomic mass is 9.73. The molecular formula is C51H35NO. The predicted molar refractivity (Wildman–Crippen MR) is 219 cm³/mol. The van der Waals surface area contributed by atoms with Gasteiger partial charge in [0.25, 0.3) is 0 Å². The van der Waals surface area contributed by atoms with E-state index in [2.05, 4.69) is 187 Å². The van der Waals surface area contributed by atoms with Gasteiger partial charge in [-0.25, -0.2) is 0 Å².